The van der Waals surface area contributed by atoms with Gasteiger partial charge in [0.15, 0.2) is 0 Å². The minimum absolute atomic E-state index is 0.209. The number of hydrogen-bond donors (Lipinski definition) is 1. The molecule has 3 fully saturated rings. The Morgan fingerprint density at radius 3 is 2.43 bits per heavy atom. The predicted molar refractivity (Wildman–Crippen MR) is 52.9 cm³/mol. The lowest BCUT2D eigenvalue weighted by Gasteiger charge is -2.50. The van der Waals surface area contributed by atoms with E-state index in [2.05, 4.69) is 9.47 Å². The molecule has 2 aliphatic heterocycles. The summed E-state index contributed by atoms with van der Waals surface area (Å²) in [5.41, 5.74) is -0.818. The Morgan fingerprint density at radius 2 is 2.07 bits per heavy atom. The number of carbonyl (C=O) groups is 1. The highest BCUT2D eigenvalue weighted by atomic mass is 31.0. The summed E-state index contributed by atoms with van der Waals surface area (Å²) in [6.07, 6.45) is 3.04. The van der Waals surface area contributed by atoms with Gasteiger partial charge in [0.05, 0.1) is 24.2 Å². The van der Waals surface area contributed by atoms with Crippen molar-refractivity contribution in [3.8, 4) is 0 Å². The molecular formula is C9H15O4P. The third-order valence-corrected chi connectivity index (χ3v) is 3.74. The first-order valence-corrected chi connectivity index (χ1v) is 5.29. The van der Waals surface area contributed by atoms with Crippen molar-refractivity contribution in [3.05, 3.63) is 0 Å². The smallest absolute Gasteiger partial charge is 0.311 e. The van der Waals surface area contributed by atoms with Crippen LogP contribution in [0, 0.1) is 5.41 Å². The van der Waals surface area contributed by atoms with Gasteiger partial charge in [0.1, 0.15) is 0 Å². The first-order valence-electron chi connectivity index (χ1n) is 4.82. The minimum Gasteiger partial charge on any atom is -0.481 e. The molecule has 1 aliphatic carbocycles. The lowest BCUT2D eigenvalue weighted by Crippen LogP contribution is -2.55. The first-order chi connectivity index (χ1) is 6.63. The van der Waals surface area contributed by atoms with Crippen LogP contribution in [0.4, 0.5) is 0 Å². The summed E-state index contributed by atoms with van der Waals surface area (Å²) in [5, 5.41) is 9.11. The van der Waals surface area contributed by atoms with Gasteiger partial charge in [-0.15, -0.1) is 0 Å². The molecule has 0 radical (unpaired) electrons. The molecule has 2 saturated heterocycles. The summed E-state index contributed by atoms with van der Waals surface area (Å²) >= 11 is 0. The molecule has 5 heteroatoms. The molecule has 1 atom stereocenters. The van der Waals surface area contributed by atoms with Crippen molar-refractivity contribution >= 4 is 15.4 Å². The second kappa shape index (κ2) is 3.44. The molecule has 2 bridgehead atoms. The van der Waals surface area contributed by atoms with Gasteiger partial charge in [0, 0.05) is 9.47 Å². The fourth-order valence-electron chi connectivity index (χ4n) is 2.38. The van der Waals surface area contributed by atoms with E-state index in [0.717, 1.165) is 25.7 Å². The number of rotatable bonds is 3. The van der Waals surface area contributed by atoms with E-state index >= 15 is 0 Å². The molecule has 0 aromatic heterocycles. The maximum Gasteiger partial charge on any atom is 0.311 e. The third-order valence-electron chi connectivity index (χ3n) is 3.57. The van der Waals surface area contributed by atoms with Gasteiger partial charge < -0.3 is 14.4 Å². The molecule has 3 aliphatic rings. The van der Waals surface area contributed by atoms with Crippen LogP contribution in [0.3, 0.4) is 0 Å². The summed E-state index contributed by atoms with van der Waals surface area (Å²) < 4.78 is 10.7. The summed E-state index contributed by atoms with van der Waals surface area (Å²) in [7, 11) is 2.22. The summed E-state index contributed by atoms with van der Waals surface area (Å²) in [4.78, 5) is 11.1. The van der Waals surface area contributed by atoms with E-state index in [0.29, 0.717) is 13.2 Å². The molecule has 1 N–H and O–H groups in total. The maximum atomic E-state index is 11.1. The molecule has 0 aromatic rings. The van der Waals surface area contributed by atoms with Gasteiger partial charge in [-0.3, -0.25) is 4.79 Å². The number of fused-ring (bicyclic) bond motifs is 3. The van der Waals surface area contributed by atoms with Crippen LogP contribution in [0.15, 0.2) is 0 Å². The summed E-state index contributed by atoms with van der Waals surface area (Å²) in [6.45, 7) is 0.893. The van der Waals surface area contributed by atoms with Crippen LogP contribution in [-0.2, 0) is 14.1 Å². The van der Waals surface area contributed by atoms with E-state index in [1.165, 1.54) is 0 Å². The number of hydrogen-bond acceptors (Lipinski definition) is 3. The molecule has 2 heterocycles. The number of carboxylic acids is 1. The van der Waals surface area contributed by atoms with Gasteiger partial charge in [-0.05, 0) is 25.7 Å². The van der Waals surface area contributed by atoms with Crippen LogP contribution in [0.5, 0.6) is 0 Å². The standard InChI is InChI=1S/C9H15O4P/c10-7(11)8-1-3-9(4-2-8,6-13-14)12-5-8/h1-6,14H2,(H,10,11). The van der Waals surface area contributed by atoms with Crippen LogP contribution in [0.25, 0.3) is 0 Å². The van der Waals surface area contributed by atoms with Crippen molar-refractivity contribution in [2.75, 3.05) is 13.2 Å². The second-order valence-corrected chi connectivity index (χ2v) is 4.70. The zero-order chi connectivity index (χ0) is 10.2. The molecule has 80 valence electrons. The van der Waals surface area contributed by atoms with Crippen molar-refractivity contribution in [1.82, 2.24) is 0 Å². The molecule has 14 heavy (non-hydrogen) atoms. The highest BCUT2D eigenvalue weighted by Gasteiger charge is 2.53. The van der Waals surface area contributed by atoms with E-state index in [4.69, 9.17) is 14.4 Å². The van der Waals surface area contributed by atoms with Gasteiger partial charge in [-0.1, -0.05) is 0 Å². The van der Waals surface area contributed by atoms with Crippen LogP contribution in [0.1, 0.15) is 25.7 Å². The monoisotopic (exact) mass is 218 g/mol. The first kappa shape index (κ1) is 10.3. The molecule has 3 rings (SSSR count). The van der Waals surface area contributed by atoms with Crippen LogP contribution in [0.2, 0.25) is 0 Å². The summed E-state index contributed by atoms with van der Waals surface area (Å²) in [6, 6.07) is 0. The topological polar surface area (TPSA) is 55.8 Å². The van der Waals surface area contributed by atoms with Gasteiger partial charge >= 0.3 is 5.97 Å². The molecule has 4 nitrogen and oxygen atoms in total. The Kier molecular flexibility index (Phi) is 2.54. The predicted octanol–water partition coefficient (Wildman–Crippen LogP) is 1.21. The molecule has 1 unspecified atom stereocenters. The fourth-order valence-corrected chi connectivity index (χ4v) is 2.68. The Balaban J connectivity index is 2.09. The minimum atomic E-state index is -0.711. The molecule has 0 amide bonds. The van der Waals surface area contributed by atoms with Crippen molar-refractivity contribution in [3.63, 3.8) is 0 Å². The van der Waals surface area contributed by atoms with Crippen molar-refractivity contribution in [1.29, 1.82) is 0 Å². The zero-order valence-corrected chi connectivity index (χ0v) is 9.15. The average molecular weight is 218 g/mol. The number of aliphatic carboxylic acids is 1. The maximum absolute atomic E-state index is 11.1. The van der Waals surface area contributed by atoms with Gasteiger partial charge in [0.25, 0.3) is 0 Å². The van der Waals surface area contributed by atoms with E-state index in [1.807, 2.05) is 0 Å². The third kappa shape index (κ3) is 1.46. The Labute approximate surface area is 85.2 Å². The Morgan fingerprint density at radius 1 is 1.43 bits per heavy atom. The number of ether oxygens (including phenoxy) is 1. The van der Waals surface area contributed by atoms with E-state index < -0.39 is 11.4 Å². The highest BCUT2D eigenvalue weighted by Crippen LogP contribution is 2.49. The van der Waals surface area contributed by atoms with Crippen LogP contribution >= 0.6 is 9.47 Å². The Hall–Kier alpha value is -0.180. The summed E-state index contributed by atoms with van der Waals surface area (Å²) in [5.74, 6) is -0.711. The molecule has 0 spiro atoms. The number of carboxylic acid groups (broad SMARTS) is 1. The van der Waals surface area contributed by atoms with E-state index in [-0.39, 0.29) is 5.60 Å². The second-order valence-electron chi connectivity index (χ2n) is 4.37. The van der Waals surface area contributed by atoms with Crippen LogP contribution in [-0.4, -0.2) is 29.9 Å². The molecular weight excluding hydrogens is 203 g/mol. The zero-order valence-electron chi connectivity index (χ0n) is 7.99. The lowest BCUT2D eigenvalue weighted by atomic mass is 9.66. The van der Waals surface area contributed by atoms with E-state index in [1.54, 1.807) is 0 Å². The lowest BCUT2D eigenvalue weighted by molar-refractivity contribution is -0.208. The van der Waals surface area contributed by atoms with Crippen LogP contribution < -0.4 is 0 Å². The highest BCUT2D eigenvalue weighted by molar-refractivity contribution is 7.09. The van der Waals surface area contributed by atoms with Crippen molar-refractivity contribution in [2.24, 2.45) is 5.41 Å². The van der Waals surface area contributed by atoms with Gasteiger partial charge in [-0.25, -0.2) is 0 Å². The SMILES string of the molecule is O=C(O)C12CCC(COP)(CC1)OC2. The Bertz CT molecular complexity index is 229. The fraction of sp³-hybridized carbons (Fsp3) is 0.889. The van der Waals surface area contributed by atoms with Crippen molar-refractivity contribution in [2.45, 2.75) is 31.3 Å². The quantitative estimate of drug-likeness (QED) is 0.723. The normalized spacial score (nSPS) is 41.2. The largest absolute Gasteiger partial charge is 0.481 e. The average Bonchev–Trinajstić information content (AvgIpc) is 2.20. The van der Waals surface area contributed by atoms with E-state index in [9.17, 15) is 4.79 Å². The van der Waals surface area contributed by atoms with Gasteiger partial charge in [0.2, 0.25) is 0 Å². The molecule has 1 saturated carbocycles. The molecule has 0 aromatic carbocycles. The van der Waals surface area contributed by atoms with Crippen molar-refractivity contribution < 1.29 is 19.2 Å². The van der Waals surface area contributed by atoms with Gasteiger partial charge in [-0.2, -0.15) is 0 Å².